The largest absolute Gasteiger partial charge is 0.446 e. The third-order valence-electron chi connectivity index (χ3n) is 0.508. The maximum Gasteiger partial charge on any atom is 0.446 e. The second-order valence-corrected chi connectivity index (χ2v) is 1.79. The molecule has 0 aromatic rings. The Morgan fingerprint density at radius 1 is 0.882 bits per heavy atom. The van der Waals surface area contributed by atoms with Crippen molar-refractivity contribution in [3.8, 4) is 0 Å². The fraction of sp³-hybridized carbons (Fsp3) is 1.00. The Bertz CT molecular complexity index is 154. The highest BCUT2D eigenvalue weighted by Gasteiger charge is 2.43. The van der Waals surface area contributed by atoms with Crippen LogP contribution in [0.1, 0.15) is 0 Å². The fourth-order valence-corrected chi connectivity index (χ4v) is 0.0337. The Balaban J connectivity index is -0.000000193. The summed E-state index contributed by atoms with van der Waals surface area (Å²) in [6.45, 7) is -3.98. The normalized spacial score (nSPS) is 11.3. The van der Waals surface area contributed by atoms with Crippen LogP contribution in [0, 0.1) is 0 Å². The maximum atomic E-state index is 10.9. The highest BCUT2D eigenvalue weighted by atomic mass is 19.4. The number of hydrogen-bond acceptors (Lipinski definition) is 1. The highest BCUT2D eigenvalue weighted by molar-refractivity contribution is 4.50. The third-order valence-corrected chi connectivity index (χ3v) is 0.508. The summed E-state index contributed by atoms with van der Waals surface area (Å²) in [4.78, 5) is 1.62. The predicted octanol–water partition coefficient (Wildman–Crippen LogP) is 4.15. The topological polar surface area (TPSA) is 9.23 Å². The van der Waals surface area contributed by atoms with E-state index in [1.54, 1.807) is 4.94 Å². The van der Waals surface area contributed by atoms with Crippen LogP contribution >= 0.6 is 0 Å². The zero-order valence-electron chi connectivity index (χ0n) is 7.56. The van der Waals surface area contributed by atoms with E-state index in [-0.39, 0.29) is 0 Å². The molecule has 0 aliphatic heterocycles. The lowest BCUT2D eigenvalue weighted by molar-refractivity contribution is -0.392. The summed E-state index contributed by atoms with van der Waals surface area (Å²) in [5, 5.41) is 0. The van der Waals surface area contributed by atoms with Crippen LogP contribution in [0.25, 0.3) is 0 Å². The molecule has 0 unspecified atom stereocenters. The van der Waals surface area contributed by atoms with Gasteiger partial charge in [0.05, 0.1) is 0 Å². The van der Waals surface area contributed by atoms with Crippen LogP contribution in [0.4, 0.5) is 48.4 Å². The summed E-state index contributed by atoms with van der Waals surface area (Å²) < 4.78 is 114. The van der Waals surface area contributed by atoms with Crippen molar-refractivity contribution in [1.29, 1.82) is 0 Å². The summed E-state index contributed by atoms with van der Waals surface area (Å²) in [5.41, 5.74) is 0. The Morgan fingerprint density at radius 2 is 1.12 bits per heavy atom. The van der Waals surface area contributed by atoms with Crippen LogP contribution in [0.2, 0.25) is 0 Å². The minimum absolute atomic E-state index is 1.62. The molecule has 12 heteroatoms. The van der Waals surface area contributed by atoms with Gasteiger partial charge in [-0.25, -0.2) is 22.0 Å². The number of alkyl halides is 10. The highest BCUT2D eigenvalue weighted by Crippen LogP contribution is 2.23. The molecule has 0 atom stereocenters. The van der Waals surface area contributed by atoms with Crippen LogP contribution in [0.15, 0.2) is 0 Å². The molecule has 17 heavy (non-hydrogen) atoms. The molecule has 0 aromatic heterocycles. The minimum Gasteiger partial charge on any atom is -0.241 e. The van der Waals surface area contributed by atoms with Crippen molar-refractivity contribution in [3.63, 3.8) is 0 Å². The quantitative estimate of drug-likeness (QED) is 0.694. The summed E-state index contributed by atoms with van der Waals surface area (Å²) in [5.74, 6) is 0. The first-order valence-corrected chi connectivity index (χ1v) is 3.18. The molecule has 108 valence electrons. The van der Waals surface area contributed by atoms with Gasteiger partial charge in [0.2, 0.25) is 6.93 Å². The molecule has 0 aliphatic rings. The van der Waals surface area contributed by atoms with Gasteiger partial charge in [0.25, 0.3) is 0 Å². The van der Waals surface area contributed by atoms with Crippen molar-refractivity contribution in [2.75, 3.05) is 13.6 Å². The van der Waals surface area contributed by atoms with Gasteiger partial charge >= 0.3 is 18.7 Å². The molecule has 0 bridgehead atoms. The average molecular weight is 290 g/mol. The Labute approximate surface area is 87.0 Å². The molecule has 1 nitrogen and oxygen atoms in total. The summed E-state index contributed by atoms with van der Waals surface area (Å²) in [6.07, 6.45) is -13.7. The molecule has 0 N–H and O–H groups in total. The van der Waals surface area contributed by atoms with Gasteiger partial charge in [-0.15, -0.1) is 4.94 Å². The Hall–Kier alpha value is -0.810. The molecule has 0 amide bonds. The SMILES string of the molecule is FCC(F)(F)F.FCF.FOC(F)(F)C(F)F. The van der Waals surface area contributed by atoms with Crippen molar-refractivity contribution < 1.29 is 53.4 Å². The van der Waals surface area contributed by atoms with E-state index in [1.807, 2.05) is 0 Å². The molecule has 0 saturated heterocycles. The third kappa shape index (κ3) is 21.1. The summed E-state index contributed by atoms with van der Waals surface area (Å²) in [6, 6.07) is 0. The second-order valence-electron chi connectivity index (χ2n) is 1.79. The summed E-state index contributed by atoms with van der Waals surface area (Å²) >= 11 is 0. The van der Waals surface area contributed by atoms with Gasteiger partial charge in [-0.05, 0) is 4.53 Å². The van der Waals surface area contributed by atoms with Gasteiger partial charge in [0, 0.05) is 0 Å². The first-order valence-electron chi connectivity index (χ1n) is 3.18. The van der Waals surface area contributed by atoms with Gasteiger partial charge in [-0.1, -0.05) is 0 Å². The zero-order chi connectivity index (χ0) is 14.7. The predicted molar refractivity (Wildman–Crippen MR) is 32.3 cm³/mol. The molecule has 0 aromatic carbocycles. The Kier molecular flexibility index (Phi) is 13.1. The molecule has 0 rings (SSSR count). The van der Waals surface area contributed by atoms with E-state index in [9.17, 15) is 48.4 Å². The van der Waals surface area contributed by atoms with Crippen LogP contribution in [-0.2, 0) is 4.94 Å². The molecule has 0 fully saturated rings. The van der Waals surface area contributed by atoms with E-state index in [0.717, 1.165) is 0 Å². The smallest absolute Gasteiger partial charge is 0.241 e. The van der Waals surface area contributed by atoms with E-state index in [0.29, 0.717) is 0 Å². The second kappa shape index (κ2) is 10.4. The Morgan fingerprint density at radius 3 is 1.12 bits per heavy atom. The number of halogens is 11. The van der Waals surface area contributed by atoms with Crippen LogP contribution in [0.5, 0.6) is 0 Å². The van der Waals surface area contributed by atoms with E-state index in [1.165, 1.54) is 0 Å². The van der Waals surface area contributed by atoms with Crippen LogP contribution in [-0.4, -0.2) is 32.3 Å². The lowest BCUT2D eigenvalue weighted by Crippen LogP contribution is -2.26. The number of hydrogen-bond donors (Lipinski definition) is 0. The van der Waals surface area contributed by atoms with E-state index in [4.69, 9.17) is 0 Å². The number of rotatable bonds is 2. The average Bonchev–Trinajstić information content (AvgIpc) is 2.18. The first-order chi connectivity index (χ1) is 7.48. The van der Waals surface area contributed by atoms with Gasteiger partial charge < -0.3 is 0 Å². The van der Waals surface area contributed by atoms with Gasteiger partial charge in [-0.3, -0.25) is 0 Å². The van der Waals surface area contributed by atoms with Crippen LogP contribution < -0.4 is 0 Å². The molecule has 0 spiro atoms. The summed E-state index contributed by atoms with van der Waals surface area (Å²) in [7, 11) is 0. The minimum atomic E-state index is -4.96. The monoisotopic (exact) mass is 290 g/mol. The molecule has 0 radical (unpaired) electrons. The molecular weight excluding hydrogens is 285 g/mol. The van der Waals surface area contributed by atoms with Crippen LogP contribution in [0.3, 0.4) is 0 Å². The zero-order valence-corrected chi connectivity index (χ0v) is 7.56. The molecule has 0 heterocycles. The van der Waals surface area contributed by atoms with Crippen molar-refractivity contribution in [3.05, 3.63) is 0 Å². The lowest BCUT2D eigenvalue weighted by atomic mass is 10.7. The molecule has 0 aliphatic carbocycles. The molecule has 0 saturated carbocycles. The van der Waals surface area contributed by atoms with Crippen molar-refractivity contribution >= 4 is 0 Å². The van der Waals surface area contributed by atoms with E-state index >= 15 is 0 Å². The lowest BCUT2D eigenvalue weighted by Gasteiger charge is -2.06. The van der Waals surface area contributed by atoms with Gasteiger partial charge in [0.1, 0.15) is 0 Å². The van der Waals surface area contributed by atoms with Crippen molar-refractivity contribution in [2.45, 2.75) is 18.7 Å². The maximum absolute atomic E-state index is 10.9. The van der Waals surface area contributed by atoms with Crippen molar-refractivity contribution in [1.82, 2.24) is 0 Å². The molecular formula is C5H5F11O. The van der Waals surface area contributed by atoms with Gasteiger partial charge in [-0.2, -0.15) is 22.0 Å². The van der Waals surface area contributed by atoms with E-state index in [2.05, 4.69) is 0 Å². The van der Waals surface area contributed by atoms with Crippen molar-refractivity contribution in [2.24, 2.45) is 0 Å². The van der Waals surface area contributed by atoms with E-state index < -0.39 is 32.3 Å². The first kappa shape index (κ1) is 21.5. The standard InChI is InChI=1S/C2HF5O.C2H2F4.CH2F2/c3-1(4)2(5,6)8-7;3-1-2(4,5)6;2-1-3/h1H;1H2;1H2. The fourth-order valence-electron chi connectivity index (χ4n) is 0.0337. The van der Waals surface area contributed by atoms with Gasteiger partial charge in [0.15, 0.2) is 6.67 Å².